The Kier molecular flexibility index (Phi) is 5.20. The Morgan fingerprint density at radius 3 is 2.42 bits per heavy atom. The van der Waals surface area contributed by atoms with Crippen molar-refractivity contribution in [3.63, 3.8) is 0 Å². The van der Waals surface area contributed by atoms with Crippen LogP contribution in [-0.2, 0) is 0 Å². The van der Waals surface area contributed by atoms with Gasteiger partial charge in [0.1, 0.15) is 11.9 Å². The van der Waals surface area contributed by atoms with Crippen molar-refractivity contribution < 1.29 is 4.79 Å². The topological polar surface area (TPSA) is 90.7 Å². The molecule has 1 amide bonds. The van der Waals surface area contributed by atoms with Crippen molar-refractivity contribution in [3.8, 4) is 6.07 Å². The van der Waals surface area contributed by atoms with Crippen LogP contribution in [0.1, 0.15) is 34.6 Å². The van der Waals surface area contributed by atoms with Gasteiger partial charge in [0.05, 0.1) is 11.3 Å². The molecule has 0 aliphatic carbocycles. The summed E-state index contributed by atoms with van der Waals surface area (Å²) >= 11 is 0. The number of nitriles is 1. The largest absolute Gasteiger partial charge is 0.362 e. The van der Waals surface area contributed by atoms with Crippen molar-refractivity contribution in [3.05, 3.63) is 83.6 Å². The zero-order valence-electron chi connectivity index (χ0n) is 14.2. The van der Waals surface area contributed by atoms with E-state index in [1.165, 1.54) is 0 Å². The van der Waals surface area contributed by atoms with Crippen molar-refractivity contribution in [2.45, 2.75) is 13.0 Å². The SMILES string of the molecule is CC(Nc1ccc(C(=O)Nc2ccccc2C#N)nn1)c1ccccc1. The number of rotatable bonds is 5. The molecule has 26 heavy (non-hydrogen) atoms. The third-order valence-electron chi connectivity index (χ3n) is 3.86. The molecule has 3 aromatic rings. The molecule has 3 rings (SSSR count). The highest BCUT2D eigenvalue weighted by molar-refractivity contribution is 6.03. The minimum Gasteiger partial charge on any atom is -0.362 e. The number of hydrogen-bond acceptors (Lipinski definition) is 5. The Hall–Kier alpha value is -3.72. The predicted octanol–water partition coefficient (Wildman–Crippen LogP) is 3.77. The van der Waals surface area contributed by atoms with E-state index in [1.54, 1.807) is 36.4 Å². The highest BCUT2D eigenvalue weighted by atomic mass is 16.1. The number of carbonyl (C=O) groups excluding carboxylic acids is 1. The molecule has 1 unspecified atom stereocenters. The summed E-state index contributed by atoms with van der Waals surface area (Å²) in [4.78, 5) is 12.3. The maximum atomic E-state index is 12.3. The number of nitrogens with zero attached hydrogens (tertiary/aromatic N) is 3. The maximum Gasteiger partial charge on any atom is 0.276 e. The number of benzene rings is 2. The van der Waals surface area contributed by atoms with Gasteiger partial charge in [0.25, 0.3) is 5.91 Å². The lowest BCUT2D eigenvalue weighted by Gasteiger charge is -2.14. The van der Waals surface area contributed by atoms with Gasteiger partial charge in [0, 0.05) is 6.04 Å². The van der Waals surface area contributed by atoms with Gasteiger partial charge in [-0.05, 0) is 36.8 Å². The second kappa shape index (κ2) is 7.90. The molecule has 0 radical (unpaired) electrons. The van der Waals surface area contributed by atoms with Gasteiger partial charge in [-0.15, -0.1) is 10.2 Å². The van der Waals surface area contributed by atoms with E-state index in [2.05, 4.69) is 20.8 Å². The summed E-state index contributed by atoms with van der Waals surface area (Å²) in [6.07, 6.45) is 0. The molecule has 128 valence electrons. The van der Waals surface area contributed by atoms with E-state index < -0.39 is 5.91 Å². The lowest BCUT2D eigenvalue weighted by atomic mass is 10.1. The van der Waals surface area contributed by atoms with Crippen molar-refractivity contribution in [2.24, 2.45) is 0 Å². The molecule has 0 aliphatic heterocycles. The van der Waals surface area contributed by atoms with E-state index in [4.69, 9.17) is 5.26 Å². The van der Waals surface area contributed by atoms with Gasteiger partial charge in [-0.3, -0.25) is 4.79 Å². The molecule has 2 N–H and O–H groups in total. The molecule has 1 heterocycles. The van der Waals surface area contributed by atoms with Crippen LogP contribution in [0.2, 0.25) is 0 Å². The van der Waals surface area contributed by atoms with Crippen LogP contribution in [0, 0.1) is 11.3 Å². The van der Waals surface area contributed by atoms with Crippen molar-refractivity contribution in [1.82, 2.24) is 10.2 Å². The van der Waals surface area contributed by atoms with Gasteiger partial charge >= 0.3 is 0 Å². The van der Waals surface area contributed by atoms with E-state index in [0.29, 0.717) is 17.1 Å². The van der Waals surface area contributed by atoms with Gasteiger partial charge < -0.3 is 10.6 Å². The number of amides is 1. The number of hydrogen-bond donors (Lipinski definition) is 2. The molecule has 0 fully saturated rings. The molecule has 0 aliphatic rings. The Balaban J connectivity index is 1.67. The summed E-state index contributed by atoms with van der Waals surface area (Å²) in [6.45, 7) is 2.02. The Morgan fingerprint density at radius 1 is 1.00 bits per heavy atom. The van der Waals surface area contributed by atoms with Crippen molar-refractivity contribution >= 4 is 17.4 Å². The molecule has 0 bridgehead atoms. The first-order valence-electron chi connectivity index (χ1n) is 8.13. The first kappa shape index (κ1) is 17.1. The average Bonchev–Trinajstić information content (AvgIpc) is 2.69. The highest BCUT2D eigenvalue weighted by Gasteiger charge is 2.12. The van der Waals surface area contributed by atoms with E-state index in [-0.39, 0.29) is 11.7 Å². The first-order chi connectivity index (χ1) is 12.7. The molecule has 2 aromatic carbocycles. The maximum absolute atomic E-state index is 12.3. The van der Waals surface area contributed by atoms with E-state index in [0.717, 1.165) is 5.56 Å². The summed E-state index contributed by atoms with van der Waals surface area (Å²) in [5.41, 5.74) is 2.14. The summed E-state index contributed by atoms with van der Waals surface area (Å²) in [5.74, 6) is 0.165. The second-order valence-corrected chi connectivity index (χ2v) is 5.69. The number of nitrogens with one attached hydrogen (secondary N) is 2. The van der Waals surface area contributed by atoms with Crippen LogP contribution in [0.25, 0.3) is 0 Å². The van der Waals surface area contributed by atoms with Crippen LogP contribution in [0.15, 0.2) is 66.7 Å². The van der Waals surface area contributed by atoms with Crippen molar-refractivity contribution in [2.75, 3.05) is 10.6 Å². The monoisotopic (exact) mass is 343 g/mol. The number of carbonyl (C=O) groups is 1. The Bertz CT molecular complexity index is 932. The van der Waals surface area contributed by atoms with Crippen LogP contribution < -0.4 is 10.6 Å². The highest BCUT2D eigenvalue weighted by Crippen LogP contribution is 2.18. The molecular formula is C20H17N5O. The molecule has 6 heteroatoms. The zero-order chi connectivity index (χ0) is 18.4. The van der Waals surface area contributed by atoms with Gasteiger partial charge in [-0.1, -0.05) is 42.5 Å². The lowest BCUT2D eigenvalue weighted by molar-refractivity contribution is 0.102. The fraction of sp³-hybridized carbons (Fsp3) is 0.100. The second-order valence-electron chi connectivity index (χ2n) is 5.69. The smallest absolute Gasteiger partial charge is 0.276 e. The lowest BCUT2D eigenvalue weighted by Crippen LogP contribution is -2.16. The zero-order valence-corrected chi connectivity index (χ0v) is 14.2. The van der Waals surface area contributed by atoms with Crippen LogP contribution in [-0.4, -0.2) is 16.1 Å². The molecular weight excluding hydrogens is 326 g/mol. The van der Waals surface area contributed by atoms with Crippen LogP contribution in [0.4, 0.5) is 11.5 Å². The molecule has 6 nitrogen and oxygen atoms in total. The van der Waals surface area contributed by atoms with Gasteiger partial charge in [-0.25, -0.2) is 0 Å². The molecule has 1 atom stereocenters. The normalized spacial score (nSPS) is 11.2. The van der Waals surface area contributed by atoms with Crippen LogP contribution >= 0.6 is 0 Å². The number of para-hydroxylation sites is 1. The Labute approximate surface area is 151 Å². The van der Waals surface area contributed by atoms with Gasteiger partial charge in [0.15, 0.2) is 5.69 Å². The summed E-state index contributed by atoms with van der Waals surface area (Å²) in [6, 6.07) is 22.2. The third kappa shape index (κ3) is 4.02. The van der Waals surface area contributed by atoms with Crippen molar-refractivity contribution in [1.29, 1.82) is 5.26 Å². The summed E-state index contributed by atoms with van der Waals surface area (Å²) in [7, 11) is 0. The van der Waals surface area contributed by atoms with Gasteiger partial charge in [0.2, 0.25) is 0 Å². The fourth-order valence-corrected chi connectivity index (χ4v) is 2.45. The third-order valence-corrected chi connectivity index (χ3v) is 3.86. The average molecular weight is 343 g/mol. The van der Waals surface area contributed by atoms with Crippen LogP contribution in [0.5, 0.6) is 0 Å². The first-order valence-corrected chi connectivity index (χ1v) is 8.13. The molecule has 1 aromatic heterocycles. The molecule has 0 saturated heterocycles. The minimum absolute atomic E-state index is 0.0627. The standard InChI is InChI=1S/C20H17N5O/c1-14(15-7-3-2-4-8-15)22-19-12-11-18(24-25-19)20(26)23-17-10-6-5-9-16(17)13-21/h2-12,14H,1H3,(H,22,25)(H,23,26). The number of aromatic nitrogens is 2. The quantitative estimate of drug-likeness (QED) is 0.736. The summed E-state index contributed by atoms with van der Waals surface area (Å²) < 4.78 is 0. The fourth-order valence-electron chi connectivity index (χ4n) is 2.45. The molecule has 0 spiro atoms. The number of anilines is 2. The van der Waals surface area contributed by atoms with Gasteiger partial charge in [-0.2, -0.15) is 5.26 Å². The van der Waals surface area contributed by atoms with E-state index in [9.17, 15) is 4.79 Å². The predicted molar refractivity (Wildman–Crippen MR) is 99.6 cm³/mol. The summed E-state index contributed by atoms with van der Waals surface area (Å²) in [5, 5.41) is 23.0. The Morgan fingerprint density at radius 2 is 1.73 bits per heavy atom. The van der Waals surface area contributed by atoms with Crippen LogP contribution in [0.3, 0.4) is 0 Å². The van der Waals surface area contributed by atoms with E-state index in [1.807, 2.05) is 43.3 Å². The minimum atomic E-state index is -0.414. The van der Waals surface area contributed by atoms with E-state index >= 15 is 0 Å². The molecule has 0 saturated carbocycles.